The Morgan fingerprint density at radius 1 is 0.651 bits per heavy atom. The van der Waals surface area contributed by atoms with Crippen LogP contribution in [-0.4, -0.2) is 83.3 Å². The molecule has 0 amide bonds. The Labute approximate surface area is 259 Å². The number of hydrogen-bond donors (Lipinski definition) is 0. The Morgan fingerprint density at radius 3 is 1.72 bits per heavy atom. The van der Waals surface area contributed by atoms with Gasteiger partial charge in [0.05, 0.1) is 77.6 Å². The monoisotopic (exact) mass is 601 g/mol. The van der Waals surface area contributed by atoms with E-state index < -0.39 is 0 Å². The van der Waals surface area contributed by atoms with Crippen molar-refractivity contribution in [2.75, 3.05) is 72.7 Å². The van der Waals surface area contributed by atoms with Gasteiger partial charge in [-0.1, -0.05) is 68.4 Å². The third-order valence-corrected chi connectivity index (χ3v) is 7.38. The fraction of sp³-hybridized carbons (Fsp3) is 0.657. The summed E-state index contributed by atoms with van der Waals surface area (Å²) in [6.45, 7) is 17.9. The molecule has 0 saturated carbocycles. The van der Waals surface area contributed by atoms with E-state index in [1.165, 1.54) is 5.56 Å². The van der Waals surface area contributed by atoms with E-state index in [2.05, 4.69) is 94.3 Å². The van der Waals surface area contributed by atoms with Crippen LogP contribution in [0.25, 0.3) is 0 Å². The molecular weight excluding hydrogens is 546 g/mol. The minimum absolute atomic E-state index is 0.0552. The van der Waals surface area contributed by atoms with Crippen molar-refractivity contribution >= 4 is 0 Å². The highest BCUT2D eigenvalue weighted by molar-refractivity contribution is 5.24. The van der Waals surface area contributed by atoms with E-state index in [4.69, 9.17) is 33.3 Å². The summed E-state index contributed by atoms with van der Waals surface area (Å²) < 4.78 is 34.5. The first-order valence-corrected chi connectivity index (χ1v) is 15.9. The van der Waals surface area contributed by atoms with Gasteiger partial charge in [-0.25, -0.2) is 0 Å². The van der Waals surface area contributed by atoms with Gasteiger partial charge in [-0.05, 0) is 56.2 Å². The zero-order valence-corrected chi connectivity index (χ0v) is 27.1. The molecule has 0 spiro atoms. The molecule has 0 saturated heterocycles. The molecule has 0 fully saturated rings. The average molecular weight is 602 g/mol. The highest BCUT2D eigenvalue weighted by Gasteiger charge is 2.38. The first-order chi connectivity index (χ1) is 20.9. The minimum atomic E-state index is -0.380. The fourth-order valence-electron chi connectivity index (χ4n) is 5.01. The van der Waals surface area contributed by atoms with Gasteiger partial charge in [0, 0.05) is 13.2 Å². The Balaban J connectivity index is 1.70. The van der Waals surface area contributed by atoms with Gasteiger partial charge in [0.1, 0.15) is 6.10 Å². The summed E-state index contributed by atoms with van der Waals surface area (Å²) >= 11 is 0. The quantitative estimate of drug-likeness (QED) is 0.367. The number of fused-ring (bicyclic) bond motifs is 25. The largest absolute Gasteiger partial charge is 0.379 e. The lowest BCUT2D eigenvalue weighted by Crippen LogP contribution is -2.50. The molecule has 242 valence electrons. The highest BCUT2D eigenvalue weighted by Crippen LogP contribution is 2.37. The summed E-state index contributed by atoms with van der Waals surface area (Å²) in [5, 5.41) is 2.18. The van der Waals surface area contributed by atoms with Crippen molar-refractivity contribution in [1.29, 1.82) is 0 Å². The summed E-state index contributed by atoms with van der Waals surface area (Å²) in [7, 11) is 0. The van der Waals surface area contributed by atoms with Crippen molar-refractivity contribution in [3.05, 3.63) is 71.3 Å². The normalized spacial score (nSPS) is 22.9. The van der Waals surface area contributed by atoms with Crippen molar-refractivity contribution in [1.82, 2.24) is 5.06 Å². The van der Waals surface area contributed by atoms with Crippen LogP contribution in [0.4, 0.5) is 0 Å². The SMILES string of the molecule is CC1ON(C(c2ccccc2)C(C)C)C(C)(C)COCCCCOCCOCCOCCOCCOCc2ccc1cc2. The number of hydrogen-bond acceptors (Lipinski definition) is 8. The second-order valence-electron chi connectivity index (χ2n) is 12.0. The van der Waals surface area contributed by atoms with Crippen LogP contribution in [0.2, 0.25) is 0 Å². The Bertz CT molecular complexity index is 970. The van der Waals surface area contributed by atoms with Crippen LogP contribution < -0.4 is 0 Å². The molecule has 8 nitrogen and oxygen atoms in total. The molecule has 2 aliphatic heterocycles. The average Bonchev–Trinajstić information content (AvgIpc) is 3.00. The molecule has 0 radical (unpaired) electrons. The summed E-state index contributed by atoms with van der Waals surface area (Å²) in [5.74, 6) is 0.319. The third kappa shape index (κ3) is 13.3. The standard InChI is InChI=1S/C35H55NO7/c1-29(2)34(33-11-7-6-8-12-33)36-35(4,5)28-42-18-10-9-17-37-19-20-38-21-22-39-23-24-40-25-26-41-27-31-13-15-32(16-14-31)30(3)43-36/h6-8,11-16,29-30,34H,9-10,17-28H2,1-5H3. The maximum Gasteiger partial charge on any atom is 0.102 e. The smallest absolute Gasteiger partial charge is 0.102 e. The van der Waals surface area contributed by atoms with Crippen LogP contribution in [0, 0.1) is 5.92 Å². The topological polar surface area (TPSA) is 67.9 Å². The molecule has 2 heterocycles. The molecule has 0 aromatic heterocycles. The molecule has 2 aromatic carbocycles. The van der Waals surface area contributed by atoms with Gasteiger partial charge >= 0.3 is 0 Å². The van der Waals surface area contributed by atoms with E-state index in [0.717, 1.165) is 24.0 Å². The summed E-state index contributed by atoms with van der Waals surface area (Å²) in [4.78, 5) is 6.87. The molecule has 43 heavy (non-hydrogen) atoms. The van der Waals surface area contributed by atoms with E-state index in [1.807, 2.05) is 0 Å². The van der Waals surface area contributed by atoms with E-state index in [1.54, 1.807) is 0 Å². The fourth-order valence-corrected chi connectivity index (χ4v) is 5.01. The van der Waals surface area contributed by atoms with Crippen molar-refractivity contribution < 1.29 is 33.3 Å². The third-order valence-electron chi connectivity index (χ3n) is 7.38. The molecule has 2 bridgehead atoms. The van der Waals surface area contributed by atoms with E-state index in [-0.39, 0.29) is 17.7 Å². The van der Waals surface area contributed by atoms with Gasteiger partial charge in [-0.3, -0.25) is 4.84 Å². The second-order valence-corrected chi connectivity index (χ2v) is 12.0. The van der Waals surface area contributed by atoms with Gasteiger partial charge in [0.25, 0.3) is 0 Å². The van der Waals surface area contributed by atoms with Crippen molar-refractivity contribution in [2.24, 2.45) is 5.92 Å². The maximum absolute atomic E-state index is 6.87. The highest BCUT2D eigenvalue weighted by atomic mass is 16.7. The minimum Gasteiger partial charge on any atom is -0.379 e. The van der Waals surface area contributed by atoms with Crippen molar-refractivity contribution in [2.45, 2.75) is 71.8 Å². The van der Waals surface area contributed by atoms with Gasteiger partial charge in [0.15, 0.2) is 0 Å². The van der Waals surface area contributed by atoms with E-state index >= 15 is 0 Å². The lowest BCUT2D eigenvalue weighted by atomic mass is 9.92. The number of hydroxylamine groups is 2. The predicted molar refractivity (Wildman–Crippen MR) is 169 cm³/mol. The number of benzene rings is 2. The lowest BCUT2D eigenvalue weighted by molar-refractivity contribution is -0.284. The van der Waals surface area contributed by atoms with Crippen LogP contribution in [0.1, 0.15) is 76.3 Å². The lowest BCUT2D eigenvalue weighted by Gasteiger charge is -2.45. The van der Waals surface area contributed by atoms with Crippen molar-refractivity contribution in [3.8, 4) is 0 Å². The van der Waals surface area contributed by atoms with Crippen LogP contribution in [0.5, 0.6) is 0 Å². The maximum atomic E-state index is 6.87. The van der Waals surface area contributed by atoms with Crippen LogP contribution in [0.3, 0.4) is 0 Å². The molecule has 2 unspecified atom stereocenters. The molecule has 0 N–H and O–H groups in total. The zero-order valence-electron chi connectivity index (χ0n) is 27.1. The van der Waals surface area contributed by atoms with Crippen LogP contribution in [-0.2, 0) is 39.9 Å². The molecule has 0 aliphatic carbocycles. The van der Waals surface area contributed by atoms with E-state index in [9.17, 15) is 0 Å². The zero-order chi connectivity index (χ0) is 30.8. The molecular formula is C35H55NO7. The summed E-state index contributed by atoms with van der Waals surface area (Å²) in [6.07, 6.45) is 1.73. The molecule has 2 aliphatic rings. The first kappa shape index (κ1) is 35.6. The first-order valence-electron chi connectivity index (χ1n) is 15.9. The molecule has 2 aromatic rings. The number of ether oxygens (including phenoxy) is 6. The predicted octanol–water partition coefficient (Wildman–Crippen LogP) is 6.55. The Kier molecular flexibility index (Phi) is 16.7. The van der Waals surface area contributed by atoms with Gasteiger partial charge in [0.2, 0.25) is 0 Å². The van der Waals surface area contributed by atoms with Crippen molar-refractivity contribution in [3.63, 3.8) is 0 Å². The van der Waals surface area contributed by atoms with Gasteiger partial charge in [-0.15, -0.1) is 0 Å². The number of rotatable bonds is 3. The summed E-state index contributed by atoms with van der Waals surface area (Å²) in [5.41, 5.74) is 3.08. The second kappa shape index (κ2) is 20.2. The Morgan fingerprint density at radius 2 is 1.16 bits per heavy atom. The van der Waals surface area contributed by atoms with Crippen LogP contribution >= 0.6 is 0 Å². The molecule has 8 heteroatoms. The molecule has 2 atom stereocenters. The summed E-state index contributed by atoms with van der Waals surface area (Å²) in [6, 6.07) is 19.2. The molecule has 4 rings (SSSR count). The van der Waals surface area contributed by atoms with Crippen LogP contribution in [0.15, 0.2) is 54.6 Å². The van der Waals surface area contributed by atoms with E-state index in [0.29, 0.717) is 85.2 Å². The number of nitrogens with zero attached hydrogens (tertiary/aromatic N) is 1. The van der Waals surface area contributed by atoms with Gasteiger partial charge < -0.3 is 28.4 Å². The van der Waals surface area contributed by atoms with Gasteiger partial charge in [-0.2, -0.15) is 5.06 Å². The Hall–Kier alpha value is -1.88.